The lowest BCUT2D eigenvalue weighted by Crippen LogP contribution is -2.39. The minimum absolute atomic E-state index is 0.124. The van der Waals surface area contributed by atoms with Crippen LogP contribution in [0.15, 0.2) is 71.7 Å². The molecule has 0 spiro atoms. The zero-order valence-electron chi connectivity index (χ0n) is 21.3. The van der Waals surface area contributed by atoms with Gasteiger partial charge in [-0.2, -0.15) is 4.99 Å². The Hall–Kier alpha value is -3.55. The molecule has 0 radical (unpaired) electrons. The molecule has 1 aromatic heterocycles. The van der Waals surface area contributed by atoms with Gasteiger partial charge in [0.2, 0.25) is 17.4 Å². The molecule has 2 amide bonds. The first-order valence-corrected chi connectivity index (χ1v) is 13.4. The number of hydrogen-bond donors (Lipinski definition) is 1. The van der Waals surface area contributed by atoms with E-state index in [4.69, 9.17) is 23.2 Å². The third kappa shape index (κ3) is 5.35. The maximum absolute atomic E-state index is 12.3. The van der Waals surface area contributed by atoms with Crippen molar-refractivity contribution < 1.29 is 9.59 Å². The molecule has 3 aromatic carbocycles. The normalized spacial score (nSPS) is 14.7. The fraction of sp³-hybridized carbons (Fsp3) is 0.276. The Morgan fingerprint density at radius 2 is 1.63 bits per heavy atom. The van der Waals surface area contributed by atoms with Crippen LogP contribution in [0.4, 0.5) is 11.4 Å². The molecule has 2 heterocycles. The predicted octanol–water partition coefficient (Wildman–Crippen LogP) is 6.05. The first-order chi connectivity index (χ1) is 18.3. The maximum Gasteiger partial charge on any atom is 0.245 e. The lowest BCUT2D eigenvalue weighted by atomic mass is 10.0. The van der Waals surface area contributed by atoms with Gasteiger partial charge in [0.15, 0.2) is 0 Å². The molecule has 1 fully saturated rings. The minimum Gasteiger partial charge on any atom is -0.370 e. The van der Waals surface area contributed by atoms with Crippen LogP contribution < -0.4 is 15.8 Å². The van der Waals surface area contributed by atoms with Crippen LogP contribution >= 0.6 is 23.2 Å². The number of rotatable bonds is 5. The van der Waals surface area contributed by atoms with Gasteiger partial charge in [-0.1, -0.05) is 53.5 Å². The Kier molecular flexibility index (Phi) is 7.58. The van der Waals surface area contributed by atoms with Crippen molar-refractivity contribution in [2.75, 3.05) is 23.3 Å². The third-order valence-corrected chi connectivity index (χ3v) is 7.48. The molecule has 1 saturated heterocycles. The summed E-state index contributed by atoms with van der Waals surface area (Å²) in [5, 5.41) is 4.21. The fourth-order valence-corrected chi connectivity index (χ4v) is 5.60. The highest BCUT2D eigenvalue weighted by molar-refractivity contribution is 6.31. The summed E-state index contributed by atoms with van der Waals surface area (Å²) >= 11 is 12.8. The maximum atomic E-state index is 12.3. The highest BCUT2D eigenvalue weighted by Crippen LogP contribution is 2.34. The average Bonchev–Trinajstić information content (AvgIpc) is 3.18. The fourth-order valence-electron chi connectivity index (χ4n) is 5.24. The van der Waals surface area contributed by atoms with Crippen molar-refractivity contribution in [3.05, 3.63) is 88.0 Å². The number of amides is 2. The van der Waals surface area contributed by atoms with Crippen molar-refractivity contribution in [1.82, 2.24) is 9.13 Å². The van der Waals surface area contributed by atoms with Crippen LogP contribution in [0.3, 0.4) is 0 Å². The van der Waals surface area contributed by atoms with Crippen LogP contribution in [0, 0.1) is 0 Å². The molecule has 7 nitrogen and oxygen atoms in total. The number of carbonyl (C=O) groups excluding carboxylic acids is 2. The Bertz CT molecular complexity index is 1580. The number of anilines is 2. The van der Waals surface area contributed by atoms with E-state index in [1.807, 2.05) is 48.5 Å². The monoisotopic (exact) mass is 549 g/mol. The number of nitrogens with zero attached hydrogens (tertiary/aromatic N) is 4. The highest BCUT2D eigenvalue weighted by atomic mass is 35.5. The Morgan fingerprint density at radius 1 is 0.947 bits per heavy atom. The molecule has 4 aromatic rings. The summed E-state index contributed by atoms with van der Waals surface area (Å²) in [5.74, 6) is -0.376. The van der Waals surface area contributed by atoms with E-state index < -0.39 is 0 Å². The number of benzene rings is 3. The molecule has 1 aliphatic heterocycles. The number of halogens is 2. The van der Waals surface area contributed by atoms with E-state index in [1.165, 1.54) is 13.8 Å². The Labute approximate surface area is 231 Å². The van der Waals surface area contributed by atoms with Crippen LogP contribution in [0.2, 0.25) is 10.0 Å². The zero-order valence-corrected chi connectivity index (χ0v) is 22.8. The number of carbonyl (C=O) groups is 2. The highest BCUT2D eigenvalue weighted by Gasteiger charge is 2.26. The zero-order chi connectivity index (χ0) is 26.8. The molecule has 0 saturated carbocycles. The van der Waals surface area contributed by atoms with Gasteiger partial charge in [-0.15, -0.1) is 0 Å². The van der Waals surface area contributed by atoms with Gasteiger partial charge >= 0.3 is 0 Å². The number of hydrogen-bond acceptors (Lipinski definition) is 3. The topological polar surface area (TPSA) is 71.6 Å². The van der Waals surface area contributed by atoms with Crippen molar-refractivity contribution >= 4 is 57.4 Å². The molecule has 1 aliphatic rings. The molecule has 0 bridgehead atoms. The third-order valence-electron chi connectivity index (χ3n) is 6.87. The summed E-state index contributed by atoms with van der Waals surface area (Å²) < 4.78 is 4.29. The summed E-state index contributed by atoms with van der Waals surface area (Å²) in [7, 11) is 0. The van der Waals surface area contributed by atoms with Crippen LogP contribution in [0.25, 0.3) is 11.0 Å². The molecule has 1 N–H and O–H groups in total. The van der Waals surface area contributed by atoms with Crippen LogP contribution in [0.1, 0.15) is 38.3 Å². The molecular formula is C29H29Cl2N5O2. The molecule has 0 atom stereocenters. The van der Waals surface area contributed by atoms with Crippen LogP contribution in [0.5, 0.6) is 0 Å². The van der Waals surface area contributed by atoms with E-state index in [1.54, 1.807) is 6.07 Å². The number of fused-ring (bicyclic) bond motifs is 1. The van der Waals surface area contributed by atoms with Gasteiger partial charge in [0, 0.05) is 43.0 Å². The van der Waals surface area contributed by atoms with E-state index >= 15 is 0 Å². The number of piperidine rings is 1. The van der Waals surface area contributed by atoms with Gasteiger partial charge in [0.25, 0.3) is 0 Å². The Morgan fingerprint density at radius 3 is 2.32 bits per heavy atom. The predicted molar refractivity (Wildman–Crippen MR) is 153 cm³/mol. The molecule has 5 rings (SSSR count). The van der Waals surface area contributed by atoms with E-state index in [0.29, 0.717) is 22.2 Å². The molecule has 196 valence electrons. The quantitative estimate of drug-likeness (QED) is 0.329. The van der Waals surface area contributed by atoms with E-state index in [-0.39, 0.29) is 17.9 Å². The van der Waals surface area contributed by atoms with Gasteiger partial charge < -0.3 is 19.4 Å². The largest absolute Gasteiger partial charge is 0.370 e. The van der Waals surface area contributed by atoms with Crippen molar-refractivity contribution in [1.29, 1.82) is 0 Å². The first kappa shape index (κ1) is 26.1. The first-order valence-electron chi connectivity index (χ1n) is 12.6. The minimum atomic E-state index is -0.252. The van der Waals surface area contributed by atoms with E-state index in [0.717, 1.165) is 53.9 Å². The lowest BCUT2D eigenvalue weighted by Gasteiger charge is -2.35. The number of para-hydroxylation sites is 2. The average molecular weight is 550 g/mol. The van der Waals surface area contributed by atoms with Crippen molar-refractivity contribution in [3.63, 3.8) is 0 Å². The summed E-state index contributed by atoms with van der Waals surface area (Å²) in [5.41, 5.74) is 5.27. The second-order valence-electron chi connectivity index (χ2n) is 9.53. The van der Waals surface area contributed by atoms with Crippen molar-refractivity contribution in [2.45, 2.75) is 39.3 Å². The van der Waals surface area contributed by atoms with Crippen molar-refractivity contribution in [2.24, 2.45) is 4.99 Å². The molecule has 0 aliphatic carbocycles. The summed E-state index contributed by atoms with van der Waals surface area (Å²) in [4.78, 5) is 30.8. The standard InChI is InChI=1S/C29H29Cl2N5O2/c1-19(37)32-25-12-11-22(30)17-28(25)34-15-13-23(14-16-34)36-27-10-6-5-9-26(27)35(29(36)33-20(2)38)18-21-7-3-4-8-24(21)31/h3-12,17,23H,13-16,18H2,1-2H3,(H,32,37)/b33-29+. The van der Waals surface area contributed by atoms with E-state index in [9.17, 15) is 9.59 Å². The number of imidazole rings is 1. The van der Waals surface area contributed by atoms with Crippen LogP contribution in [-0.4, -0.2) is 34.0 Å². The number of nitrogens with one attached hydrogen (secondary N) is 1. The molecular weight excluding hydrogens is 521 g/mol. The van der Waals surface area contributed by atoms with Crippen molar-refractivity contribution in [3.8, 4) is 0 Å². The molecule has 9 heteroatoms. The molecule has 0 unspecified atom stereocenters. The van der Waals surface area contributed by atoms with Gasteiger partial charge in [-0.25, -0.2) is 0 Å². The Balaban J connectivity index is 1.53. The van der Waals surface area contributed by atoms with Crippen LogP contribution in [-0.2, 0) is 16.1 Å². The smallest absolute Gasteiger partial charge is 0.245 e. The summed E-state index contributed by atoms with van der Waals surface area (Å²) in [6.07, 6.45) is 1.66. The lowest BCUT2D eigenvalue weighted by molar-refractivity contribution is -0.116. The number of aromatic nitrogens is 2. The second kappa shape index (κ2) is 11.1. The van der Waals surface area contributed by atoms with Gasteiger partial charge in [-0.05, 0) is 54.8 Å². The molecule has 38 heavy (non-hydrogen) atoms. The van der Waals surface area contributed by atoms with Gasteiger partial charge in [0.05, 0.1) is 29.0 Å². The van der Waals surface area contributed by atoms with Gasteiger partial charge in [-0.3, -0.25) is 9.59 Å². The van der Waals surface area contributed by atoms with Gasteiger partial charge in [0.1, 0.15) is 0 Å². The summed E-state index contributed by atoms with van der Waals surface area (Å²) in [6, 6.07) is 21.5. The summed E-state index contributed by atoms with van der Waals surface area (Å²) in [6.45, 7) is 5.00. The second-order valence-corrected chi connectivity index (χ2v) is 10.4. The SMILES string of the molecule is CC(=O)/N=c1\n(Cc2ccccc2Cl)c2ccccc2n1C1CCN(c2cc(Cl)ccc2NC(C)=O)CC1. The van der Waals surface area contributed by atoms with E-state index in [2.05, 4.69) is 36.5 Å².